The Kier molecular flexibility index (Phi) is 7.31. The molecule has 0 spiro atoms. The van der Waals surface area contributed by atoms with Crippen molar-refractivity contribution in [1.82, 2.24) is 0 Å². The third-order valence-electron chi connectivity index (χ3n) is 3.53. The predicted molar refractivity (Wildman–Crippen MR) is 97.0 cm³/mol. The maximum Gasteiger partial charge on any atom is 0.119 e. The smallest absolute Gasteiger partial charge is 0.119 e. The van der Waals surface area contributed by atoms with E-state index in [9.17, 15) is 0 Å². The number of unbranched alkanes of at least 4 members (excludes halogenated alkanes) is 2. The summed E-state index contributed by atoms with van der Waals surface area (Å²) in [6.07, 6.45) is 4.48. The Labute approximate surface area is 139 Å². The van der Waals surface area contributed by atoms with Crippen LogP contribution in [0.25, 0.3) is 0 Å². The van der Waals surface area contributed by atoms with E-state index in [4.69, 9.17) is 9.47 Å². The average molecular weight is 313 g/mol. The molecule has 2 aromatic carbocycles. The van der Waals surface area contributed by atoms with Crippen LogP contribution < -0.4 is 14.8 Å². The molecule has 0 amide bonds. The van der Waals surface area contributed by atoms with Crippen LogP contribution in [0.5, 0.6) is 11.5 Å². The van der Waals surface area contributed by atoms with E-state index in [1.165, 1.54) is 0 Å². The van der Waals surface area contributed by atoms with Crippen molar-refractivity contribution in [2.75, 3.05) is 18.5 Å². The van der Waals surface area contributed by atoms with Gasteiger partial charge < -0.3 is 14.8 Å². The molecule has 2 rings (SSSR count). The summed E-state index contributed by atoms with van der Waals surface area (Å²) in [6, 6.07) is 16.1. The van der Waals surface area contributed by atoms with Gasteiger partial charge >= 0.3 is 0 Å². The third kappa shape index (κ3) is 6.23. The summed E-state index contributed by atoms with van der Waals surface area (Å²) >= 11 is 0. The molecule has 0 bridgehead atoms. The normalized spacial score (nSPS) is 10.3. The number of ether oxygens (including phenoxy) is 2. The van der Waals surface area contributed by atoms with Gasteiger partial charge in [-0.1, -0.05) is 26.7 Å². The topological polar surface area (TPSA) is 30.5 Å². The summed E-state index contributed by atoms with van der Waals surface area (Å²) in [4.78, 5) is 0. The molecule has 0 aliphatic carbocycles. The molecule has 0 aromatic heterocycles. The van der Waals surface area contributed by atoms with Gasteiger partial charge in [0.2, 0.25) is 0 Å². The maximum absolute atomic E-state index is 5.67. The van der Waals surface area contributed by atoms with Gasteiger partial charge in [-0.05, 0) is 61.4 Å². The van der Waals surface area contributed by atoms with Crippen LogP contribution >= 0.6 is 0 Å². The highest BCUT2D eigenvalue weighted by Crippen LogP contribution is 2.22. The summed E-state index contributed by atoms with van der Waals surface area (Å²) in [5.41, 5.74) is 2.10. The van der Waals surface area contributed by atoms with Crippen molar-refractivity contribution in [1.29, 1.82) is 0 Å². The molecule has 3 nitrogen and oxygen atoms in total. The molecule has 0 heterocycles. The summed E-state index contributed by atoms with van der Waals surface area (Å²) in [5.74, 6) is 1.84. The van der Waals surface area contributed by atoms with E-state index >= 15 is 0 Å². The van der Waals surface area contributed by atoms with Gasteiger partial charge in [0.15, 0.2) is 0 Å². The SMILES string of the molecule is CCCCOc1ccc(Nc2ccc(OCCCC)cc2)cc1. The van der Waals surface area contributed by atoms with Crippen molar-refractivity contribution in [2.24, 2.45) is 0 Å². The first kappa shape index (κ1) is 17.2. The molecule has 0 saturated carbocycles. The van der Waals surface area contributed by atoms with Crippen LogP contribution in [0.3, 0.4) is 0 Å². The molecule has 124 valence electrons. The predicted octanol–water partition coefficient (Wildman–Crippen LogP) is 5.79. The lowest BCUT2D eigenvalue weighted by Crippen LogP contribution is -1.97. The fraction of sp³-hybridized carbons (Fsp3) is 0.400. The van der Waals surface area contributed by atoms with Crippen molar-refractivity contribution in [2.45, 2.75) is 39.5 Å². The van der Waals surface area contributed by atoms with E-state index in [0.717, 1.165) is 61.8 Å². The minimum absolute atomic E-state index is 0.781. The fourth-order valence-corrected chi connectivity index (χ4v) is 2.10. The van der Waals surface area contributed by atoms with Crippen LogP contribution in [0, 0.1) is 0 Å². The lowest BCUT2D eigenvalue weighted by molar-refractivity contribution is 0.309. The number of anilines is 2. The Hall–Kier alpha value is -2.16. The van der Waals surface area contributed by atoms with Crippen LogP contribution in [0.15, 0.2) is 48.5 Å². The minimum atomic E-state index is 0.781. The van der Waals surface area contributed by atoms with Gasteiger partial charge in [-0.25, -0.2) is 0 Å². The Balaban J connectivity index is 1.84. The Morgan fingerprint density at radius 3 is 1.39 bits per heavy atom. The minimum Gasteiger partial charge on any atom is -0.494 e. The van der Waals surface area contributed by atoms with Gasteiger partial charge in [0.1, 0.15) is 11.5 Å². The average Bonchev–Trinajstić information content (AvgIpc) is 2.58. The van der Waals surface area contributed by atoms with Gasteiger partial charge in [0, 0.05) is 11.4 Å². The Morgan fingerprint density at radius 1 is 0.652 bits per heavy atom. The van der Waals surface area contributed by atoms with E-state index < -0.39 is 0 Å². The van der Waals surface area contributed by atoms with Gasteiger partial charge in [-0.2, -0.15) is 0 Å². The highest BCUT2D eigenvalue weighted by Gasteiger charge is 1.98. The second-order valence-corrected chi connectivity index (χ2v) is 5.58. The summed E-state index contributed by atoms with van der Waals surface area (Å²) in [6.45, 7) is 5.89. The van der Waals surface area contributed by atoms with E-state index in [1.807, 2.05) is 48.5 Å². The number of hydrogen-bond acceptors (Lipinski definition) is 3. The highest BCUT2D eigenvalue weighted by atomic mass is 16.5. The summed E-state index contributed by atoms with van der Waals surface area (Å²) < 4.78 is 11.3. The van der Waals surface area contributed by atoms with Gasteiger partial charge in [0.25, 0.3) is 0 Å². The third-order valence-corrected chi connectivity index (χ3v) is 3.53. The second-order valence-electron chi connectivity index (χ2n) is 5.58. The highest BCUT2D eigenvalue weighted by molar-refractivity contribution is 5.60. The van der Waals surface area contributed by atoms with Crippen molar-refractivity contribution in [3.05, 3.63) is 48.5 Å². The van der Waals surface area contributed by atoms with Gasteiger partial charge in [0.05, 0.1) is 13.2 Å². The lowest BCUT2D eigenvalue weighted by atomic mass is 10.2. The van der Waals surface area contributed by atoms with Crippen molar-refractivity contribution in [3.63, 3.8) is 0 Å². The quantitative estimate of drug-likeness (QED) is 0.563. The summed E-state index contributed by atoms with van der Waals surface area (Å²) in [5, 5.41) is 3.38. The molecule has 3 heteroatoms. The molecule has 23 heavy (non-hydrogen) atoms. The van der Waals surface area contributed by atoms with Gasteiger partial charge in [-0.3, -0.25) is 0 Å². The standard InChI is InChI=1S/C20H27NO2/c1-3-5-15-22-19-11-7-17(8-12-19)21-18-9-13-20(14-10-18)23-16-6-4-2/h7-14,21H,3-6,15-16H2,1-2H3. The van der Waals surface area contributed by atoms with Crippen LogP contribution in [-0.2, 0) is 0 Å². The molecule has 0 aliphatic rings. The fourth-order valence-electron chi connectivity index (χ4n) is 2.10. The summed E-state index contributed by atoms with van der Waals surface area (Å²) in [7, 11) is 0. The lowest BCUT2D eigenvalue weighted by Gasteiger charge is -2.10. The van der Waals surface area contributed by atoms with Crippen LogP contribution in [0.2, 0.25) is 0 Å². The van der Waals surface area contributed by atoms with E-state index in [0.29, 0.717) is 0 Å². The number of nitrogens with one attached hydrogen (secondary N) is 1. The van der Waals surface area contributed by atoms with Crippen molar-refractivity contribution >= 4 is 11.4 Å². The molecule has 0 unspecified atom stereocenters. The van der Waals surface area contributed by atoms with Crippen LogP contribution in [-0.4, -0.2) is 13.2 Å². The molecule has 1 N–H and O–H groups in total. The van der Waals surface area contributed by atoms with Gasteiger partial charge in [-0.15, -0.1) is 0 Å². The first-order valence-electron chi connectivity index (χ1n) is 8.54. The first-order chi connectivity index (χ1) is 11.3. The maximum atomic E-state index is 5.67. The largest absolute Gasteiger partial charge is 0.494 e. The molecular weight excluding hydrogens is 286 g/mol. The zero-order valence-electron chi connectivity index (χ0n) is 14.2. The Morgan fingerprint density at radius 2 is 1.04 bits per heavy atom. The molecule has 0 aliphatic heterocycles. The number of rotatable bonds is 10. The van der Waals surface area contributed by atoms with E-state index in [2.05, 4.69) is 19.2 Å². The molecule has 2 aromatic rings. The molecule has 0 saturated heterocycles. The zero-order valence-corrected chi connectivity index (χ0v) is 14.2. The molecule has 0 atom stereocenters. The molecule has 0 radical (unpaired) electrons. The van der Waals surface area contributed by atoms with E-state index in [1.54, 1.807) is 0 Å². The van der Waals surface area contributed by atoms with Crippen molar-refractivity contribution < 1.29 is 9.47 Å². The second kappa shape index (κ2) is 9.78. The Bertz CT molecular complexity index is 497. The van der Waals surface area contributed by atoms with Crippen LogP contribution in [0.1, 0.15) is 39.5 Å². The van der Waals surface area contributed by atoms with E-state index in [-0.39, 0.29) is 0 Å². The molecule has 0 fully saturated rings. The molecular formula is C20H27NO2. The number of hydrogen-bond donors (Lipinski definition) is 1. The number of benzene rings is 2. The van der Waals surface area contributed by atoms with Crippen LogP contribution in [0.4, 0.5) is 11.4 Å². The monoisotopic (exact) mass is 313 g/mol. The first-order valence-corrected chi connectivity index (χ1v) is 8.54. The zero-order chi connectivity index (χ0) is 16.3. The van der Waals surface area contributed by atoms with Crippen molar-refractivity contribution in [3.8, 4) is 11.5 Å².